The van der Waals surface area contributed by atoms with Crippen molar-refractivity contribution in [3.8, 4) is 5.75 Å². The first-order valence-electron chi connectivity index (χ1n) is 8.59. The van der Waals surface area contributed by atoms with Gasteiger partial charge in [0.25, 0.3) is 15.9 Å². The van der Waals surface area contributed by atoms with E-state index < -0.39 is 10.0 Å². The van der Waals surface area contributed by atoms with Gasteiger partial charge in [0.2, 0.25) is 0 Å². The Morgan fingerprint density at radius 3 is 2.39 bits per heavy atom. The summed E-state index contributed by atoms with van der Waals surface area (Å²) < 4.78 is 32.2. The second kappa shape index (κ2) is 8.45. The number of carbonyl (C=O) groups excluding carboxylic acids is 1. The zero-order valence-electron chi connectivity index (χ0n) is 15.5. The third kappa shape index (κ3) is 4.18. The molecular weight excluding hydrogens is 396 g/mol. The van der Waals surface area contributed by atoms with E-state index in [0.717, 1.165) is 4.31 Å². The maximum Gasteiger partial charge on any atom is 0.267 e. The summed E-state index contributed by atoms with van der Waals surface area (Å²) in [5.74, 6) is 0.343. The smallest absolute Gasteiger partial charge is 0.267 e. The van der Waals surface area contributed by atoms with E-state index in [1.54, 1.807) is 53.9 Å². The second-order valence-electron chi connectivity index (χ2n) is 5.83. The molecule has 0 saturated carbocycles. The van der Waals surface area contributed by atoms with Gasteiger partial charge in [0.05, 0.1) is 17.2 Å². The first-order chi connectivity index (χ1) is 13.4. The van der Waals surface area contributed by atoms with Gasteiger partial charge in [-0.2, -0.15) is 0 Å². The molecule has 0 radical (unpaired) electrons. The Kier molecular flexibility index (Phi) is 6.01. The Labute approximate surface area is 168 Å². The number of hydrogen-bond donors (Lipinski definition) is 1. The minimum absolute atomic E-state index is 0.168. The maximum atomic E-state index is 12.8. The molecule has 0 aliphatic heterocycles. The molecular formula is C20H20N2O4S2. The molecule has 0 fully saturated rings. The van der Waals surface area contributed by atoms with Crippen molar-refractivity contribution >= 4 is 38.6 Å². The molecule has 3 rings (SSSR count). The number of sulfonamides is 1. The Morgan fingerprint density at radius 1 is 1.07 bits per heavy atom. The third-order valence-corrected chi connectivity index (χ3v) is 6.70. The third-order valence-electron chi connectivity index (χ3n) is 4.01. The Hall–Kier alpha value is -2.84. The van der Waals surface area contributed by atoms with Crippen molar-refractivity contribution in [3.05, 3.63) is 70.9 Å². The normalized spacial score (nSPS) is 11.1. The highest BCUT2D eigenvalue weighted by molar-refractivity contribution is 7.92. The number of ether oxygens (including phenoxy) is 1. The molecule has 6 nitrogen and oxygen atoms in total. The van der Waals surface area contributed by atoms with Crippen molar-refractivity contribution in [1.29, 1.82) is 0 Å². The van der Waals surface area contributed by atoms with Crippen LogP contribution in [-0.4, -0.2) is 28.0 Å². The fraction of sp³-hybridized carbons (Fsp3) is 0.150. The van der Waals surface area contributed by atoms with Gasteiger partial charge in [-0.05, 0) is 54.8 Å². The van der Waals surface area contributed by atoms with E-state index in [2.05, 4.69) is 5.32 Å². The molecule has 8 heteroatoms. The molecule has 1 N–H and O–H groups in total. The first kappa shape index (κ1) is 19.9. The average Bonchev–Trinajstić information content (AvgIpc) is 3.19. The molecule has 0 saturated heterocycles. The molecule has 0 unspecified atom stereocenters. The van der Waals surface area contributed by atoms with Crippen LogP contribution in [0.15, 0.2) is 70.9 Å². The van der Waals surface area contributed by atoms with Crippen molar-refractivity contribution in [2.24, 2.45) is 0 Å². The lowest BCUT2D eigenvalue weighted by Gasteiger charge is -2.19. The highest BCUT2D eigenvalue weighted by Crippen LogP contribution is 2.30. The molecule has 0 atom stereocenters. The van der Waals surface area contributed by atoms with E-state index in [1.165, 1.54) is 30.5 Å². The van der Waals surface area contributed by atoms with Crippen LogP contribution in [0.3, 0.4) is 0 Å². The van der Waals surface area contributed by atoms with Crippen LogP contribution in [0, 0.1) is 0 Å². The van der Waals surface area contributed by atoms with Crippen molar-refractivity contribution in [2.45, 2.75) is 11.8 Å². The molecule has 0 aliphatic carbocycles. The summed E-state index contributed by atoms with van der Waals surface area (Å²) in [6.45, 7) is 2.46. The molecule has 0 aliphatic rings. The summed E-state index contributed by atoms with van der Waals surface area (Å²) in [4.78, 5) is 13.2. The van der Waals surface area contributed by atoms with E-state index in [0.29, 0.717) is 28.6 Å². The summed E-state index contributed by atoms with van der Waals surface area (Å²) in [7, 11) is -2.32. The van der Waals surface area contributed by atoms with Gasteiger partial charge in [0, 0.05) is 12.7 Å². The van der Waals surface area contributed by atoms with Crippen LogP contribution in [0.4, 0.5) is 11.4 Å². The van der Waals surface area contributed by atoms with E-state index in [-0.39, 0.29) is 10.8 Å². The number of nitrogens with zero attached hydrogens (tertiary/aromatic N) is 1. The van der Waals surface area contributed by atoms with Gasteiger partial charge in [-0.3, -0.25) is 9.10 Å². The van der Waals surface area contributed by atoms with Gasteiger partial charge in [-0.15, -0.1) is 11.3 Å². The maximum absolute atomic E-state index is 12.8. The number of carbonyl (C=O) groups is 1. The molecule has 1 aromatic heterocycles. The number of benzene rings is 2. The molecule has 0 bridgehead atoms. The van der Waals surface area contributed by atoms with Crippen LogP contribution in [0.25, 0.3) is 0 Å². The minimum atomic E-state index is -3.76. The zero-order valence-corrected chi connectivity index (χ0v) is 17.1. The van der Waals surface area contributed by atoms with Gasteiger partial charge in [0.15, 0.2) is 0 Å². The molecule has 1 amide bonds. The first-order valence-corrected chi connectivity index (χ1v) is 10.9. The van der Waals surface area contributed by atoms with E-state index >= 15 is 0 Å². The fourth-order valence-electron chi connectivity index (χ4n) is 2.59. The van der Waals surface area contributed by atoms with Gasteiger partial charge in [-0.25, -0.2) is 8.42 Å². The van der Waals surface area contributed by atoms with Crippen LogP contribution in [0.2, 0.25) is 0 Å². The fourth-order valence-corrected chi connectivity index (χ4v) is 4.69. The van der Waals surface area contributed by atoms with Gasteiger partial charge in [-0.1, -0.05) is 18.2 Å². The quantitative estimate of drug-likeness (QED) is 0.626. The van der Waals surface area contributed by atoms with Gasteiger partial charge >= 0.3 is 0 Å². The standard InChI is InChI=1S/C20H20N2O4S2/c1-3-26-16-11-9-15(10-12-16)21-20(23)19-18(13-14-27-19)22(2)28(24,25)17-7-5-4-6-8-17/h4-14H,3H2,1-2H3,(H,21,23). The highest BCUT2D eigenvalue weighted by Gasteiger charge is 2.26. The van der Waals surface area contributed by atoms with Crippen molar-refractivity contribution in [2.75, 3.05) is 23.3 Å². The molecule has 2 aromatic carbocycles. The topological polar surface area (TPSA) is 75.7 Å². The molecule has 146 valence electrons. The van der Waals surface area contributed by atoms with Crippen LogP contribution < -0.4 is 14.4 Å². The SMILES string of the molecule is CCOc1ccc(NC(=O)c2sccc2N(C)S(=O)(=O)c2ccccc2)cc1. The molecule has 0 spiro atoms. The van der Waals surface area contributed by atoms with Gasteiger partial charge < -0.3 is 10.1 Å². The largest absolute Gasteiger partial charge is 0.494 e. The number of amides is 1. The molecule has 3 aromatic rings. The average molecular weight is 417 g/mol. The lowest BCUT2D eigenvalue weighted by atomic mass is 10.3. The lowest BCUT2D eigenvalue weighted by molar-refractivity contribution is 0.103. The van der Waals surface area contributed by atoms with E-state index in [1.807, 2.05) is 6.92 Å². The summed E-state index contributed by atoms with van der Waals surface area (Å²) in [5.41, 5.74) is 0.929. The van der Waals surface area contributed by atoms with Crippen LogP contribution in [0.5, 0.6) is 5.75 Å². The van der Waals surface area contributed by atoms with Crippen molar-refractivity contribution < 1.29 is 17.9 Å². The Morgan fingerprint density at radius 2 is 1.75 bits per heavy atom. The molecule has 28 heavy (non-hydrogen) atoms. The lowest BCUT2D eigenvalue weighted by Crippen LogP contribution is -2.28. The predicted octanol–water partition coefficient (Wildman–Crippen LogP) is 4.22. The zero-order chi connectivity index (χ0) is 20.1. The van der Waals surface area contributed by atoms with E-state index in [9.17, 15) is 13.2 Å². The number of hydrogen-bond acceptors (Lipinski definition) is 5. The highest BCUT2D eigenvalue weighted by atomic mass is 32.2. The number of nitrogens with one attached hydrogen (secondary N) is 1. The monoisotopic (exact) mass is 416 g/mol. The summed E-state index contributed by atoms with van der Waals surface area (Å²) in [5, 5.41) is 4.49. The van der Waals surface area contributed by atoms with Crippen LogP contribution in [-0.2, 0) is 10.0 Å². The second-order valence-corrected chi connectivity index (χ2v) is 8.72. The summed E-state index contributed by atoms with van der Waals surface area (Å²) in [6, 6.07) is 16.7. The number of rotatable bonds is 7. The summed E-state index contributed by atoms with van der Waals surface area (Å²) >= 11 is 1.18. The van der Waals surface area contributed by atoms with Gasteiger partial charge in [0.1, 0.15) is 10.6 Å². The summed E-state index contributed by atoms with van der Waals surface area (Å²) in [6.07, 6.45) is 0. The number of anilines is 2. The molecule has 1 heterocycles. The minimum Gasteiger partial charge on any atom is -0.494 e. The Bertz CT molecular complexity index is 1050. The number of thiophene rings is 1. The van der Waals surface area contributed by atoms with Crippen LogP contribution >= 0.6 is 11.3 Å². The van der Waals surface area contributed by atoms with E-state index in [4.69, 9.17) is 4.74 Å². The van der Waals surface area contributed by atoms with Crippen molar-refractivity contribution in [1.82, 2.24) is 0 Å². The Balaban J connectivity index is 1.82. The van der Waals surface area contributed by atoms with Crippen molar-refractivity contribution in [3.63, 3.8) is 0 Å². The van der Waals surface area contributed by atoms with Crippen LogP contribution in [0.1, 0.15) is 16.6 Å². The predicted molar refractivity (Wildman–Crippen MR) is 112 cm³/mol.